The van der Waals surface area contributed by atoms with Gasteiger partial charge in [-0.05, 0) is 17.9 Å². The summed E-state index contributed by atoms with van der Waals surface area (Å²) in [6.07, 6.45) is 15.6. The molecule has 1 unspecified atom stereocenters. The van der Waals surface area contributed by atoms with Crippen LogP contribution in [0.1, 0.15) is 83.6 Å². The minimum Gasteiger partial charge on any atom is -0.0654 e. The molecule has 20 heavy (non-hydrogen) atoms. The molecule has 1 aromatic carbocycles. The fourth-order valence-electron chi connectivity index (χ4n) is 2.92. The Morgan fingerprint density at radius 3 is 1.90 bits per heavy atom. The van der Waals surface area contributed by atoms with Crippen LogP contribution in [0.15, 0.2) is 30.3 Å². The standard InChI is InChI=1S/C20H34/c1-3-4-5-6-7-8-9-10-12-15-19(2)18-20-16-13-11-14-17-20/h11,13-14,16-17,19H,3-10,12,15,18H2,1-2H3. The molecule has 0 saturated carbocycles. The van der Waals surface area contributed by atoms with Gasteiger partial charge in [0, 0.05) is 0 Å². The van der Waals surface area contributed by atoms with E-state index in [1.165, 1.54) is 76.2 Å². The van der Waals surface area contributed by atoms with Crippen molar-refractivity contribution in [1.82, 2.24) is 0 Å². The molecule has 1 atom stereocenters. The first kappa shape index (κ1) is 17.3. The van der Waals surface area contributed by atoms with E-state index < -0.39 is 0 Å². The van der Waals surface area contributed by atoms with E-state index in [0.717, 1.165) is 5.92 Å². The van der Waals surface area contributed by atoms with Crippen LogP contribution in [0, 0.1) is 5.92 Å². The maximum absolute atomic E-state index is 2.40. The predicted molar refractivity (Wildman–Crippen MR) is 91.2 cm³/mol. The van der Waals surface area contributed by atoms with E-state index >= 15 is 0 Å². The van der Waals surface area contributed by atoms with Gasteiger partial charge in [0.1, 0.15) is 0 Å². The van der Waals surface area contributed by atoms with E-state index in [2.05, 4.69) is 44.2 Å². The Morgan fingerprint density at radius 2 is 1.30 bits per heavy atom. The van der Waals surface area contributed by atoms with Crippen molar-refractivity contribution in [3.05, 3.63) is 35.9 Å². The molecule has 1 aromatic rings. The second kappa shape index (κ2) is 12.0. The van der Waals surface area contributed by atoms with Crippen LogP contribution in [0.4, 0.5) is 0 Å². The third-order valence-corrected chi connectivity index (χ3v) is 4.23. The highest BCUT2D eigenvalue weighted by atomic mass is 14.1. The Hall–Kier alpha value is -0.780. The third kappa shape index (κ3) is 9.18. The van der Waals surface area contributed by atoms with Crippen LogP contribution in [0.2, 0.25) is 0 Å². The predicted octanol–water partition coefficient (Wildman–Crippen LogP) is 6.79. The summed E-state index contributed by atoms with van der Waals surface area (Å²) in [5.41, 5.74) is 1.50. The zero-order chi connectivity index (χ0) is 14.5. The van der Waals surface area contributed by atoms with E-state index in [0.29, 0.717) is 0 Å². The van der Waals surface area contributed by atoms with Crippen molar-refractivity contribution in [3.63, 3.8) is 0 Å². The molecule has 0 nitrogen and oxygen atoms in total. The van der Waals surface area contributed by atoms with Gasteiger partial charge < -0.3 is 0 Å². The summed E-state index contributed by atoms with van der Waals surface area (Å²) in [5.74, 6) is 0.835. The van der Waals surface area contributed by atoms with E-state index in [1.54, 1.807) is 0 Å². The minimum absolute atomic E-state index is 0.835. The van der Waals surface area contributed by atoms with Crippen LogP contribution in [0.25, 0.3) is 0 Å². The lowest BCUT2D eigenvalue weighted by Gasteiger charge is -2.11. The first-order valence-electron chi connectivity index (χ1n) is 8.87. The van der Waals surface area contributed by atoms with E-state index in [4.69, 9.17) is 0 Å². The molecule has 0 aliphatic carbocycles. The first-order chi connectivity index (χ1) is 9.83. The number of unbranched alkanes of at least 4 members (excludes halogenated alkanes) is 8. The lowest BCUT2D eigenvalue weighted by Crippen LogP contribution is -1.99. The number of rotatable bonds is 12. The SMILES string of the molecule is CCCCCCCCCCCC(C)Cc1ccccc1. The molecule has 0 aromatic heterocycles. The average molecular weight is 274 g/mol. The Bertz CT molecular complexity index is 301. The number of benzene rings is 1. The van der Waals surface area contributed by atoms with Gasteiger partial charge in [0.25, 0.3) is 0 Å². The van der Waals surface area contributed by atoms with Crippen molar-refractivity contribution in [2.45, 2.75) is 84.5 Å². The highest BCUT2D eigenvalue weighted by molar-refractivity contribution is 5.14. The van der Waals surface area contributed by atoms with Crippen LogP contribution < -0.4 is 0 Å². The van der Waals surface area contributed by atoms with Gasteiger partial charge in [-0.3, -0.25) is 0 Å². The smallest absolute Gasteiger partial charge is 0.0253 e. The van der Waals surface area contributed by atoms with Gasteiger partial charge in [-0.25, -0.2) is 0 Å². The van der Waals surface area contributed by atoms with E-state index in [-0.39, 0.29) is 0 Å². The average Bonchev–Trinajstić information content (AvgIpc) is 2.46. The molecule has 0 heteroatoms. The molecular formula is C20H34. The van der Waals surface area contributed by atoms with Crippen LogP contribution in [-0.2, 0) is 6.42 Å². The summed E-state index contributed by atoms with van der Waals surface area (Å²) in [5, 5.41) is 0. The topological polar surface area (TPSA) is 0 Å². The zero-order valence-corrected chi connectivity index (χ0v) is 13.7. The number of hydrogen-bond acceptors (Lipinski definition) is 0. The van der Waals surface area contributed by atoms with Crippen molar-refractivity contribution in [3.8, 4) is 0 Å². The van der Waals surface area contributed by atoms with Gasteiger partial charge in [0.15, 0.2) is 0 Å². The Morgan fingerprint density at radius 1 is 0.750 bits per heavy atom. The van der Waals surface area contributed by atoms with Gasteiger partial charge in [-0.1, -0.05) is 108 Å². The van der Waals surface area contributed by atoms with Crippen LogP contribution in [0.3, 0.4) is 0 Å². The molecule has 0 aliphatic rings. The van der Waals surface area contributed by atoms with Gasteiger partial charge in [0.05, 0.1) is 0 Å². The van der Waals surface area contributed by atoms with Crippen molar-refractivity contribution in [2.75, 3.05) is 0 Å². The highest BCUT2D eigenvalue weighted by Gasteiger charge is 2.03. The third-order valence-electron chi connectivity index (χ3n) is 4.23. The lowest BCUT2D eigenvalue weighted by molar-refractivity contribution is 0.478. The molecule has 0 amide bonds. The molecule has 0 radical (unpaired) electrons. The molecule has 0 heterocycles. The summed E-state index contributed by atoms with van der Waals surface area (Å²) >= 11 is 0. The quantitative estimate of drug-likeness (QED) is 0.368. The molecular weight excluding hydrogens is 240 g/mol. The van der Waals surface area contributed by atoms with Gasteiger partial charge >= 0.3 is 0 Å². The molecule has 0 fully saturated rings. The molecule has 0 aliphatic heterocycles. The van der Waals surface area contributed by atoms with Gasteiger partial charge in [0.2, 0.25) is 0 Å². The van der Waals surface area contributed by atoms with Crippen LogP contribution in [0.5, 0.6) is 0 Å². The monoisotopic (exact) mass is 274 g/mol. The molecule has 0 saturated heterocycles. The normalized spacial score (nSPS) is 12.5. The Balaban J connectivity index is 1.91. The van der Waals surface area contributed by atoms with Crippen LogP contribution in [-0.4, -0.2) is 0 Å². The summed E-state index contributed by atoms with van der Waals surface area (Å²) in [7, 11) is 0. The second-order valence-corrected chi connectivity index (χ2v) is 6.41. The maximum atomic E-state index is 2.40. The first-order valence-corrected chi connectivity index (χ1v) is 8.87. The zero-order valence-electron chi connectivity index (χ0n) is 13.7. The van der Waals surface area contributed by atoms with E-state index in [1.807, 2.05) is 0 Å². The van der Waals surface area contributed by atoms with Gasteiger partial charge in [-0.2, -0.15) is 0 Å². The molecule has 0 spiro atoms. The maximum Gasteiger partial charge on any atom is -0.0253 e. The van der Waals surface area contributed by atoms with Crippen molar-refractivity contribution < 1.29 is 0 Å². The van der Waals surface area contributed by atoms with Crippen molar-refractivity contribution in [2.24, 2.45) is 5.92 Å². The molecule has 0 bridgehead atoms. The second-order valence-electron chi connectivity index (χ2n) is 6.41. The minimum atomic E-state index is 0.835. The number of hydrogen-bond donors (Lipinski definition) is 0. The summed E-state index contributed by atoms with van der Waals surface area (Å²) in [6.45, 7) is 4.69. The summed E-state index contributed by atoms with van der Waals surface area (Å²) < 4.78 is 0. The Kier molecular flexibility index (Phi) is 10.4. The molecule has 114 valence electrons. The fraction of sp³-hybridized carbons (Fsp3) is 0.700. The van der Waals surface area contributed by atoms with Gasteiger partial charge in [-0.15, -0.1) is 0 Å². The van der Waals surface area contributed by atoms with Crippen molar-refractivity contribution in [1.29, 1.82) is 0 Å². The highest BCUT2D eigenvalue weighted by Crippen LogP contribution is 2.16. The largest absolute Gasteiger partial charge is 0.0654 e. The summed E-state index contributed by atoms with van der Waals surface area (Å²) in [6, 6.07) is 10.9. The van der Waals surface area contributed by atoms with E-state index in [9.17, 15) is 0 Å². The van der Waals surface area contributed by atoms with Crippen LogP contribution >= 0.6 is 0 Å². The summed E-state index contributed by atoms with van der Waals surface area (Å²) in [4.78, 5) is 0. The Labute approximate surface area is 127 Å². The van der Waals surface area contributed by atoms with Crippen molar-refractivity contribution >= 4 is 0 Å². The molecule has 0 N–H and O–H groups in total. The fourth-order valence-corrected chi connectivity index (χ4v) is 2.92. The molecule has 1 rings (SSSR count). The lowest BCUT2D eigenvalue weighted by atomic mass is 9.95.